The predicted molar refractivity (Wildman–Crippen MR) is 90.9 cm³/mol. The molecule has 1 aliphatic heterocycles. The van der Waals surface area contributed by atoms with Crippen LogP contribution in [0.25, 0.3) is 0 Å². The van der Waals surface area contributed by atoms with E-state index in [1.807, 2.05) is 18.2 Å². The quantitative estimate of drug-likeness (QED) is 0.915. The molecule has 0 spiro atoms. The Morgan fingerprint density at radius 1 is 1.14 bits per heavy atom. The van der Waals surface area contributed by atoms with E-state index in [1.165, 1.54) is 0 Å². The monoisotopic (exact) mass is 308 g/mol. The van der Waals surface area contributed by atoms with Crippen LogP contribution in [-0.2, 0) is 0 Å². The van der Waals surface area contributed by atoms with Gasteiger partial charge in [-0.1, -0.05) is 32.5 Å². The SMILES string of the molecule is COc1cc(NC2=NC(C(C)(C)C)CCS2)cc(OC)c1. The van der Waals surface area contributed by atoms with Crippen LogP contribution in [0.5, 0.6) is 11.5 Å². The molecule has 2 rings (SSSR count). The normalized spacial score (nSPS) is 18.9. The molecule has 0 amide bonds. The zero-order valence-electron chi connectivity index (χ0n) is 13.4. The van der Waals surface area contributed by atoms with Gasteiger partial charge in [-0.2, -0.15) is 0 Å². The molecule has 5 heteroatoms. The van der Waals surface area contributed by atoms with Gasteiger partial charge in [-0.3, -0.25) is 4.99 Å². The molecule has 1 N–H and O–H groups in total. The van der Waals surface area contributed by atoms with Crippen molar-refractivity contribution in [3.8, 4) is 11.5 Å². The van der Waals surface area contributed by atoms with Crippen molar-refractivity contribution >= 4 is 22.6 Å². The fourth-order valence-corrected chi connectivity index (χ4v) is 3.13. The molecule has 1 aliphatic rings. The largest absolute Gasteiger partial charge is 0.497 e. The highest BCUT2D eigenvalue weighted by Crippen LogP contribution is 2.32. The van der Waals surface area contributed by atoms with Gasteiger partial charge < -0.3 is 14.8 Å². The second kappa shape index (κ2) is 6.60. The lowest BCUT2D eigenvalue weighted by molar-refractivity contribution is 0.316. The summed E-state index contributed by atoms with van der Waals surface area (Å²) in [6.45, 7) is 6.72. The van der Waals surface area contributed by atoms with Crippen LogP contribution in [0.2, 0.25) is 0 Å². The Balaban J connectivity index is 2.19. The lowest BCUT2D eigenvalue weighted by Crippen LogP contribution is -2.30. The first-order chi connectivity index (χ1) is 9.92. The zero-order valence-corrected chi connectivity index (χ0v) is 14.2. The van der Waals surface area contributed by atoms with Crippen molar-refractivity contribution < 1.29 is 9.47 Å². The summed E-state index contributed by atoms with van der Waals surface area (Å²) in [5.41, 5.74) is 1.13. The molecule has 0 saturated heterocycles. The van der Waals surface area contributed by atoms with Crippen LogP contribution in [0.3, 0.4) is 0 Å². The molecule has 1 heterocycles. The maximum absolute atomic E-state index is 5.30. The van der Waals surface area contributed by atoms with Gasteiger partial charge in [0.2, 0.25) is 0 Å². The molecule has 1 aromatic carbocycles. The molecule has 1 aromatic rings. The van der Waals surface area contributed by atoms with E-state index in [-0.39, 0.29) is 5.41 Å². The number of hydrogen-bond donors (Lipinski definition) is 1. The van der Waals surface area contributed by atoms with Crippen LogP contribution in [0.4, 0.5) is 5.69 Å². The van der Waals surface area contributed by atoms with Crippen LogP contribution in [0.15, 0.2) is 23.2 Å². The third kappa shape index (κ3) is 4.30. The summed E-state index contributed by atoms with van der Waals surface area (Å²) in [4.78, 5) is 4.85. The summed E-state index contributed by atoms with van der Waals surface area (Å²) in [5, 5.41) is 4.35. The fourth-order valence-electron chi connectivity index (χ4n) is 2.21. The average molecular weight is 308 g/mol. The Morgan fingerprint density at radius 2 is 1.76 bits per heavy atom. The number of hydrogen-bond acceptors (Lipinski definition) is 5. The van der Waals surface area contributed by atoms with E-state index < -0.39 is 0 Å². The summed E-state index contributed by atoms with van der Waals surface area (Å²) in [6.07, 6.45) is 1.13. The van der Waals surface area contributed by atoms with E-state index in [1.54, 1.807) is 26.0 Å². The Kier molecular flexibility index (Phi) is 5.04. The lowest BCUT2D eigenvalue weighted by Gasteiger charge is -2.31. The van der Waals surface area contributed by atoms with Crippen molar-refractivity contribution in [2.24, 2.45) is 10.4 Å². The molecular weight excluding hydrogens is 284 g/mol. The van der Waals surface area contributed by atoms with Gasteiger partial charge in [-0.25, -0.2) is 0 Å². The van der Waals surface area contributed by atoms with Crippen LogP contribution in [-0.4, -0.2) is 31.2 Å². The minimum absolute atomic E-state index is 0.194. The number of nitrogens with one attached hydrogen (secondary N) is 1. The summed E-state index contributed by atoms with van der Waals surface area (Å²) >= 11 is 1.76. The summed E-state index contributed by atoms with van der Waals surface area (Å²) in [5.74, 6) is 2.63. The van der Waals surface area contributed by atoms with Gasteiger partial charge in [0, 0.05) is 29.6 Å². The number of ether oxygens (including phenoxy) is 2. The molecule has 0 bridgehead atoms. The molecule has 1 atom stereocenters. The van der Waals surface area contributed by atoms with Crippen molar-refractivity contribution in [2.45, 2.75) is 33.2 Å². The number of nitrogens with zero attached hydrogens (tertiary/aromatic N) is 1. The van der Waals surface area contributed by atoms with Gasteiger partial charge in [-0.05, 0) is 11.8 Å². The standard InChI is InChI=1S/C16H24N2O2S/c1-16(2,3)14-6-7-21-15(18-14)17-11-8-12(19-4)10-13(9-11)20-5/h8-10,14H,6-7H2,1-5H3,(H,17,18). The number of benzene rings is 1. The molecule has 1 unspecified atom stereocenters. The van der Waals surface area contributed by atoms with E-state index in [4.69, 9.17) is 14.5 Å². The molecule has 0 fully saturated rings. The van der Waals surface area contributed by atoms with Gasteiger partial charge in [-0.15, -0.1) is 0 Å². The number of aliphatic imine (C=N–C) groups is 1. The molecule has 116 valence electrons. The van der Waals surface area contributed by atoms with Crippen LogP contribution in [0, 0.1) is 5.41 Å². The third-order valence-corrected chi connectivity index (χ3v) is 4.43. The van der Waals surface area contributed by atoms with E-state index >= 15 is 0 Å². The van der Waals surface area contributed by atoms with Gasteiger partial charge in [0.1, 0.15) is 11.5 Å². The second-order valence-electron chi connectivity index (χ2n) is 6.18. The van der Waals surface area contributed by atoms with Crippen molar-refractivity contribution in [1.82, 2.24) is 0 Å². The first-order valence-corrected chi connectivity index (χ1v) is 8.11. The number of rotatable bonds is 3. The van der Waals surface area contributed by atoms with E-state index in [0.29, 0.717) is 6.04 Å². The molecule has 0 aromatic heterocycles. The van der Waals surface area contributed by atoms with Gasteiger partial charge in [0.25, 0.3) is 0 Å². The summed E-state index contributed by atoms with van der Waals surface area (Å²) < 4.78 is 10.6. The van der Waals surface area contributed by atoms with Gasteiger partial charge >= 0.3 is 0 Å². The van der Waals surface area contributed by atoms with Crippen molar-refractivity contribution in [3.05, 3.63) is 18.2 Å². The molecule has 0 radical (unpaired) electrons. The Bertz CT molecular complexity index is 501. The Morgan fingerprint density at radius 3 is 2.29 bits per heavy atom. The first kappa shape index (κ1) is 16.0. The van der Waals surface area contributed by atoms with Gasteiger partial charge in [0.15, 0.2) is 5.17 Å². The summed E-state index contributed by atoms with van der Waals surface area (Å²) in [7, 11) is 3.31. The topological polar surface area (TPSA) is 42.8 Å². The van der Waals surface area contributed by atoms with E-state index in [0.717, 1.165) is 34.5 Å². The number of amidine groups is 1. The zero-order chi connectivity index (χ0) is 15.5. The first-order valence-electron chi connectivity index (χ1n) is 7.13. The molecule has 0 aliphatic carbocycles. The van der Waals surface area contributed by atoms with Crippen LogP contribution < -0.4 is 14.8 Å². The van der Waals surface area contributed by atoms with Crippen molar-refractivity contribution in [1.29, 1.82) is 0 Å². The summed E-state index contributed by atoms with van der Waals surface area (Å²) in [6, 6.07) is 6.12. The van der Waals surface area contributed by atoms with E-state index in [2.05, 4.69) is 26.1 Å². The Hall–Kier alpha value is -1.36. The van der Waals surface area contributed by atoms with Gasteiger partial charge in [0.05, 0.1) is 20.3 Å². The minimum atomic E-state index is 0.194. The fraction of sp³-hybridized carbons (Fsp3) is 0.562. The lowest BCUT2D eigenvalue weighted by atomic mass is 9.85. The number of anilines is 1. The smallest absolute Gasteiger partial charge is 0.161 e. The minimum Gasteiger partial charge on any atom is -0.497 e. The van der Waals surface area contributed by atoms with Crippen LogP contribution in [0.1, 0.15) is 27.2 Å². The molecule has 0 saturated carbocycles. The predicted octanol–water partition coefficient (Wildman–Crippen LogP) is 4.02. The Labute approximate surface area is 131 Å². The highest BCUT2D eigenvalue weighted by atomic mass is 32.2. The number of methoxy groups -OCH3 is 2. The highest BCUT2D eigenvalue weighted by molar-refractivity contribution is 8.14. The second-order valence-corrected chi connectivity index (χ2v) is 7.26. The van der Waals surface area contributed by atoms with E-state index in [9.17, 15) is 0 Å². The highest BCUT2D eigenvalue weighted by Gasteiger charge is 2.27. The maximum Gasteiger partial charge on any atom is 0.161 e. The van der Waals surface area contributed by atoms with Crippen LogP contribution >= 0.6 is 11.8 Å². The molecule has 4 nitrogen and oxygen atoms in total. The van der Waals surface area contributed by atoms with Crippen molar-refractivity contribution in [2.75, 3.05) is 25.3 Å². The maximum atomic E-state index is 5.30. The molecular formula is C16H24N2O2S. The third-order valence-electron chi connectivity index (χ3n) is 3.51. The van der Waals surface area contributed by atoms with Crippen molar-refractivity contribution in [3.63, 3.8) is 0 Å². The average Bonchev–Trinajstić information content (AvgIpc) is 2.46. The number of thioether (sulfide) groups is 1. The molecule has 21 heavy (non-hydrogen) atoms.